The van der Waals surface area contributed by atoms with Crippen molar-refractivity contribution >= 4 is 37.5 Å². The highest BCUT2D eigenvalue weighted by Crippen LogP contribution is 2.25. The normalized spacial score (nSPS) is 10.4. The third-order valence-corrected chi connectivity index (χ3v) is 4.30. The molecule has 1 N–H and O–H groups in total. The lowest BCUT2D eigenvalue weighted by Gasteiger charge is -2.09. The Morgan fingerprint density at radius 3 is 2.22 bits per heavy atom. The highest BCUT2D eigenvalue weighted by molar-refractivity contribution is 9.13. The van der Waals surface area contributed by atoms with Crippen molar-refractivity contribution in [1.29, 1.82) is 0 Å². The monoisotopic (exact) mass is 375 g/mol. The van der Waals surface area contributed by atoms with E-state index in [0.717, 1.165) is 14.5 Å². The lowest BCUT2D eigenvalue weighted by atomic mass is 10.2. The van der Waals surface area contributed by atoms with Crippen molar-refractivity contribution in [3.63, 3.8) is 0 Å². The Bertz CT molecular complexity index is 553. The Morgan fingerprint density at radius 1 is 0.944 bits per heavy atom. The van der Waals surface area contributed by atoms with Gasteiger partial charge in [0.15, 0.2) is 0 Å². The lowest BCUT2D eigenvalue weighted by molar-refractivity contribution is 0.588. The van der Waals surface area contributed by atoms with Gasteiger partial charge in [0, 0.05) is 15.5 Å². The van der Waals surface area contributed by atoms with E-state index < -0.39 is 11.6 Å². The minimum atomic E-state index is -0.592. The maximum atomic E-state index is 13.4. The van der Waals surface area contributed by atoms with E-state index in [4.69, 9.17) is 0 Å². The Morgan fingerprint density at radius 2 is 1.61 bits per heavy atom. The number of para-hydroxylation sites is 1. The number of halogens is 4. The first-order valence-corrected chi connectivity index (χ1v) is 6.78. The molecular formula is C13H9Br2F2N. The zero-order valence-corrected chi connectivity index (χ0v) is 12.4. The second kappa shape index (κ2) is 5.80. The van der Waals surface area contributed by atoms with Crippen molar-refractivity contribution in [3.8, 4) is 0 Å². The van der Waals surface area contributed by atoms with Crippen LogP contribution in [-0.2, 0) is 6.54 Å². The van der Waals surface area contributed by atoms with Gasteiger partial charge >= 0.3 is 0 Å². The van der Waals surface area contributed by atoms with Crippen LogP contribution in [0, 0.1) is 11.6 Å². The van der Waals surface area contributed by atoms with E-state index in [1.54, 1.807) is 0 Å². The summed E-state index contributed by atoms with van der Waals surface area (Å²) in [5, 5.41) is 2.76. The van der Waals surface area contributed by atoms with Gasteiger partial charge in [0.25, 0.3) is 0 Å². The van der Waals surface area contributed by atoms with E-state index in [2.05, 4.69) is 37.2 Å². The molecule has 0 aliphatic carbocycles. The lowest BCUT2D eigenvalue weighted by Crippen LogP contribution is -2.03. The van der Waals surface area contributed by atoms with E-state index in [9.17, 15) is 8.78 Å². The van der Waals surface area contributed by atoms with Crippen molar-refractivity contribution in [3.05, 3.63) is 62.5 Å². The number of benzene rings is 2. The van der Waals surface area contributed by atoms with Crippen molar-refractivity contribution in [1.82, 2.24) is 0 Å². The summed E-state index contributed by atoms with van der Waals surface area (Å²) < 4.78 is 28.6. The van der Waals surface area contributed by atoms with Crippen LogP contribution in [0.2, 0.25) is 0 Å². The van der Waals surface area contributed by atoms with Gasteiger partial charge in [-0.05, 0) is 61.7 Å². The van der Waals surface area contributed by atoms with Gasteiger partial charge in [0.05, 0.1) is 0 Å². The molecule has 2 aromatic rings. The summed E-state index contributed by atoms with van der Waals surface area (Å²) in [6.07, 6.45) is 0. The number of hydrogen-bond acceptors (Lipinski definition) is 1. The van der Waals surface area contributed by atoms with Gasteiger partial charge in [-0.25, -0.2) is 8.78 Å². The van der Waals surface area contributed by atoms with Crippen molar-refractivity contribution in [2.24, 2.45) is 0 Å². The molecule has 1 nitrogen and oxygen atoms in total. The molecule has 94 valence electrons. The molecule has 0 aromatic heterocycles. The number of rotatable bonds is 3. The van der Waals surface area contributed by atoms with Gasteiger partial charge in [0.2, 0.25) is 0 Å². The van der Waals surface area contributed by atoms with Crippen molar-refractivity contribution < 1.29 is 8.78 Å². The minimum Gasteiger partial charge on any atom is -0.376 e. The van der Waals surface area contributed by atoms with E-state index in [1.165, 1.54) is 18.2 Å². The van der Waals surface area contributed by atoms with Gasteiger partial charge in [-0.15, -0.1) is 0 Å². The largest absolute Gasteiger partial charge is 0.376 e. The highest BCUT2D eigenvalue weighted by atomic mass is 79.9. The molecule has 2 rings (SSSR count). The molecule has 0 saturated carbocycles. The average Bonchev–Trinajstić information content (AvgIpc) is 2.33. The molecule has 0 atom stereocenters. The van der Waals surface area contributed by atoms with Crippen molar-refractivity contribution in [2.45, 2.75) is 6.54 Å². The maximum absolute atomic E-state index is 13.4. The van der Waals surface area contributed by atoms with Crippen LogP contribution in [0.15, 0.2) is 45.3 Å². The summed E-state index contributed by atoms with van der Waals surface area (Å²) in [7, 11) is 0. The molecule has 18 heavy (non-hydrogen) atoms. The summed E-state index contributed by atoms with van der Waals surface area (Å²) in [4.78, 5) is 0. The van der Waals surface area contributed by atoms with E-state index in [0.29, 0.717) is 6.54 Å². The molecule has 2 aromatic carbocycles. The summed E-state index contributed by atoms with van der Waals surface area (Å²) in [5.41, 5.74) is 0.823. The van der Waals surface area contributed by atoms with Crippen LogP contribution < -0.4 is 5.32 Å². The Hall–Kier alpha value is -0.940. The smallest absolute Gasteiger partial charge is 0.149 e. The summed E-state index contributed by atoms with van der Waals surface area (Å²) in [6.45, 7) is 0.351. The van der Waals surface area contributed by atoms with Gasteiger partial charge in [-0.1, -0.05) is 12.1 Å². The van der Waals surface area contributed by atoms with Crippen molar-refractivity contribution in [2.75, 3.05) is 5.32 Å². The third kappa shape index (κ3) is 3.09. The molecule has 5 heteroatoms. The predicted octanol–water partition coefficient (Wildman–Crippen LogP) is 5.10. The molecule has 0 fully saturated rings. The first-order valence-electron chi connectivity index (χ1n) is 5.20. The SMILES string of the molecule is Fc1cccc(F)c1NCc1ccc(Br)c(Br)c1. The van der Waals surface area contributed by atoms with E-state index >= 15 is 0 Å². The van der Waals surface area contributed by atoms with Crippen LogP contribution in [0.5, 0.6) is 0 Å². The van der Waals surface area contributed by atoms with Gasteiger partial charge in [-0.3, -0.25) is 0 Å². The molecule has 0 aliphatic rings. The zero-order valence-electron chi connectivity index (χ0n) is 9.18. The van der Waals surface area contributed by atoms with Crippen LogP contribution >= 0.6 is 31.9 Å². The number of nitrogens with one attached hydrogen (secondary N) is 1. The van der Waals surface area contributed by atoms with Crippen LogP contribution in [0.3, 0.4) is 0 Å². The first-order chi connectivity index (χ1) is 8.58. The molecule has 0 amide bonds. The fourth-order valence-electron chi connectivity index (χ4n) is 1.51. The first kappa shape index (κ1) is 13.5. The van der Waals surface area contributed by atoms with Crippen LogP contribution in [0.25, 0.3) is 0 Å². The molecule has 0 unspecified atom stereocenters. The molecular weight excluding hydrogens is 368 g/mol. The van der Waals surface area contributed by atoms with E-state index in [-0.39, 0.29) is 5.69 Å². The molecule has 0 radical (unpaired) electrons. The number of anilines is 1. The Labute approximate surface area is 120 Å². The maximum Gasteiger partial charge on any atom is 0.149 e. The molecule has 0 spiro atoms. The molecule has 0 saturated heterocycles. The van der Waals surface area contributed by atoms with Crippen LogP contribution in [-0.4, -0.2) is 0 Å². The quantitative estimate of drug-likeness (QED) is 0.785. The Kier molecular flexibility index (Phi) is 4.35. The van der Waals surface area contributed by atoms with Gasteiger partial charge < -0.3 is 5.32 Å². The molecule has 0 bridgehead atoms. The average molecular weight is 377 g/mol. The zero-order chi connectivity index (χ0) is 13.1. The predicted molar refractivity (Wildman–Crippen MR) is 75.5 cm³/mol. The van der Waals surface area contributed by atoms with E-state index in [1.807, 2.05) is 18.2 Å². The second-order valence-electron chi connectivity index (χ2n) is 3.70. The fourth-order valence-corrected chi connectivity index (χ4v) is 2.18. The fraction of sp³-hybridized carbons (Fsp3) is 0.0769. The van der Waals surface area contributed by atoms with Crippen LogP contribution in [0.1, 0.15) is 5.56 Å². The van der Waals surface area contributed by atoms with Crippen LogP contribution in [0.4, 0.5) is 14.5 Å². The Balaban J connectivity index is 2.14. The van der Waals surface area contributed by atoms with Gasteiger partial charge in [-0.2, -0.15) is 0 Å². The molecule has 0 heterocycles. The summed E-state index contributed by atoms with van der Waals surface area (Å²) >= 11 is 6.74. The minimum absolute atomic E-state index is 0.100. The molecule has 0 aliphatic heterocycles. The number of hydrogen-bond donors (Lipinski definition) is 1. The standard InChI is InChI=1S/C13H9Br2F2N/c14-9-5-4-8(6-10(9)15)7-18-13-11(16)2-1-3-12(13)17/h1-6,18H,7H2. The second-order valence-corrected chi connectivity index (χ2v) is 5.41. The third-order valence-electron chi connectivity index (χ3n) is 2.42. The summed E-state index contributed by atoms with van der Waals surface area (Å²) in [5.74, 6) is -1.18. The summed E-state index contributed by atoms with van der Waals surface area (Å²) in [6, 6.07) is 9.42. The highest BCUT2D eigenvalue weighted by Gasteiger charge is 2.07. The van der Waals surface area contributed by atoms with Gasteiger partial charge in [0.1, 0.15) is 17.3 Å². The topological polar surface area (TPSA) is 12.0 Å².